The molecular weight excluding hydrogens is 502 g/mol. The molecule has 1 aromatic carbocycles. The van der Waals surface area contributed by atoms with Crippen molar-refractivity contribution in [2.45, 2.75) is 65.5 Å². The molecule has 9 heteroatoms. The highest BCUT2D eigenvalue weighted by molar-refractivity contribution is 7.89. The second-order valence-corrected chi connectivity index (χ2v) is 12.2. The summed E-state index contributed by atoms with van der Waals surface area (Å²) >= 11 is 0. The van der Waals surface area contributed by atoms with Crippen molar-refractivity contribution in [2.24, 2.45) is 0 Å². The highest BCUT2D eigenvalue weighted by Gasteiger charge is 2.28. The average molecular weight is 548 g/mol. The molecule has 2 heterocycles. The summed E-state index contributed by atoms with van der Waals surface area (Å²) in [5, 5.41) is 0. The summed E-state index contributed by atoms with van der Waals surface area (Å²) in [7, 11) is -3.58. The fourth-order valence-electron chi connectivity index (χ4n) is 4.63. The summed E-state index contributed by atoms with van der Waals surface area (Å²) in [6.45, 7) is 8.27. The predicted molar refractivity (Wildman–Crippen MR) is 150 cm³/mol. The van der Waals surface area contributed by atoms with Gasteiger partial charge in [0.05, 0.1) is 32.1 Å². The number of ether oxygens (including phenoxy) is 1. The van der Waals surface area contributed by atoms with Crippen molar-refractivity contribution in [3.8, 4) is 0 Å². The summed E-state index contributed by atoms with van der Waals surface area (Å²) < 4.78 is 39.5. The number of aryl methyl sites for hydroxylation is 1. The van der Waals surface area contributed by atoms with Gasteiger partial charge in [0, 0.05) is 32.7 Å². The van der Waals surface area contributed by atoms with Crippen LogP contribution in [0.2, 0.25) is 0 Å². The van der Waals surface area contributed by atoms with Crippen molar-refractivity contribution in [1.82, 2.24) is 14.1 Å². The summed E-state index contributed by atoms with van der Waals surface area (Å²) in [6, 6.07) is 13.5. The number of morpholine rings is 1. The summed E-state index contributed by atoms with van der Waals surface area (Å²) in [5.74, 6) is 1.31. The first-order valence-electron chi connectivity index (χ1n) is 14.0. The molecule has 1 aliphatic heterocycles. The maximum atomic E-state index is 13.7. The third kappa shape index (κ3) is 10.5. The van der Waals surface area contributed by atoms with Crippen molar-refractivity contribution >= 4 is 15.9 Å². The fraction of sp³-hybridized carbons (Fsp3) is 0.621. The maximum Gasteiger partial charge on any atom is 0.238 e. The van der Waals surface area contributed by atoms with Crippen LogP contribution in [0.5, 0.6) is 0 Å². The Labute approximate surface area is 229 Å². The number of hydrogen-bond donors (Lipinski definition) is 0. The molecule has 0 radical (unpaired) electrons. The van der Waals surface area contributed by atoms with E-state index in [1.54, 1.807) is 4.90 Å². The summed E-state index contributed by atoms with van der Waals surface area (Å²) in [6.07, 6.45) is 6.03. The van der Waals surface area contributed by atoms with Gasteiger partial charge in [-0.1, -0.05) is 69.4 Å². The third-order valence-corrected chi connectivity index (χ3v) is 8.84. The Bertz CT molecular complexity index is 1050. The summed E-state index contributed by atoms with van der Waals surface area (Å²) in [4.78, 5) is 17.6. The van der Waals surface area contributed by atoms with Crippen molar-refractivity contribution in [1.29, 1.82) is 0 Å². The maximum absolute atomic E-state index is 13.7. The zero-order valence-corrected chi connectivity index (χ0v) is 24.0. The smallest absolute Gasteiger partial charge is 0.238 e. The van der Waals surface area contributed by atoms with Gasteiger partial charge < -0.3 is 14.1 Å². The van der Waals surface area contributed by atoms with Crippen LogP contribution in [0.25, 0.3) is 0 Å². The lowest BCUT2D eigenvalue weighted by atomic mass is 10.1. The number of rotatable bonds is 17. The zero-order valence-electron chi connectivity index (χ0n) is 23.1. The molecule has 2 aromatic rings. The van der Waals surface area contributed by atoms with E-state index in [0.717, 1.165) is 50.1 Å². The lowest BCUT2D eigenvalue weighted by molar-refractivity contribution is -0.133. The Morgan fingerprint density at radius 1 is 0.947 bits per heavy atom. The lowest BCUT2D eigenvalue weighted by Crippen LogP contribution is -2.47. The number of sulfonamides is 1. The van der Waals surface area contributed by atoms with E-state index >= 15 is 0 Å². The minimum atomic E-state index is -3.58. The van der Waals surface area contributed by atoms with Crippen LogP contribution in [0, 0.1) is 6.92 Å². The van der Waals surface area contributed by atoms with Gasteiger partial charge in [-0.05, 0) is 31.0 Å². The van der Waals surface area contributed by atoms with E-state index in [9.17, 15) is 13.2 Å². The van der Waals surface area contributed by atoms with Crippen LogP contribution < -0.4 is 0 Å². The molecule has 8 nitrogen and oxygen atoms in total. The number of carbonyl (C=O) groups is 1. The zero-order chi connectivity index (χ0) is 27.2. The van der Waals surface area contributed by atoms with E-state index in [1.807, 2.05) is 49.4 Å². The Balaban J connectivity index is 1.70. The number of benzene rings is 1. The first-order valence-corrected chi connectivity index (χ1v) is 15.6. The topological polar surface area (TPSA) is 83.3 Å². The Kier molecular flexibility index (Phi) is 12.8. The molecule has 0 N–H and O–H groups in total. The molecule has 1 saturated heterocycles. The van der Waals surface area contributed by atoms with E-state index in [4.69, 9.17) is 9.15 Å². The van der Waals surface area contributed by atoms with E-state index in [2.05, 4.69) is 11.8 Å². The van der Waals surface area contributed by atoms with Gasteiger partial charge in [-0.3, -0.25) is 9.69 Å². The number of nitrogens with zero attached hydrogens (tertiary/aromatic N) is 3. The van der Waals surface area contributed by atoms with Crippen LogP contribution >= 0.6 is 0 Å². The van der Waals surface area contributed by atoms with Gasteiger partial charge in [0.2, 0.25) is 15.9 Å². The summed E-state index contributed by atoms with van der Waals surface area (Å²) in [5.41, 5.74) is 0.985. The van der Waals surface area contributed by atoms with Gasteiger partial charge in [-0.25, -0.2) is 8.42 Å². The number of carbonyl (C=O) groups excluding carboxylic acids is 1. The van der Waals surface area contributed by atoms with Crippen LogP contribution in [-0.4, -0.2) is 80.1 Å². The first-order chi connectivity index (χ1) is 18.4. The van der Waals surface area contributed by atoms with Crippen LogP contribution in [-0.2, 0) is 32.6 Å². The van der Waals surface area contributed by atoms with E-state index in [0.29, 0.717) is 45.0 Å². The largest absolute Gasteiger partial charge is 0.464 e. The molecule has 1 fully saturated rings. The highest BCUT2D eigenvalue weighted by atomic mass is 32.2. The first kappa shape index (κ1) is 30.3. The molecule has 1 aromatic heterocycles. The number of unbranched alkanes of at least 4 members (excludes halogenated alkanes) is 5. The monoisotopic (exact) mass is 547 g/mol. The molecular formula is C29H45N3O5S. The number of hydrogen-bond acceptors (Lipinski definition) is 6. The molecule has 0 bridgehead atoms. The van der Waals surface area contributed by atoms with Gasteiger partial charge in [-0.2, -0.15) is 4.31 Å². The van der Waals surface area contributed by atoms with Crippen molar-refractivity contribution < 1.29 is 22.4 Å². The van der Waals surface area contributed by atoms with E-state index in [1.165, 1.54) is 10.7 Å². The highest BCUT2D eigenvalue weighted by Crippen LogP contribution is 2.16. The van der Waals surface area contributed by atoms with Gasteiger partial charge >= 0.3 is 0 Å². The van der Waals surface area contributed by atoms with Gasteiger partial charge in [0.1, 0.15) is 11.5 Å². The standard InChI is InChI=1S/C29H45N3O5S/c1-3-4-5-6-7-11-22-38(34,35)32(17-16-30-18-20-36-21-19-30)25-29(33)31(23-27-12-9-8-10-13-27)24-28-15-14-26(2)37-28/h8-10,12-15H,3-7,11,16-25H2,1-2H3. The van der Waals surface area contributed by atoms with E-state index in [-0.39, 0.29) is 24.7 Å². The van der Waals surface area contributed by atoms with Crippen LogP contribution in [0.3, 0.4) is 0 Å². The minimum absolute atomic E-state index is 0.0750. The van der Waals surface area contributed by atoms with Gasteiger partial charge in [-0.15, -0.1) is 0 Å². The SMILES string of the molecule is CCCCCCCCS(=O)(=O)N(CCN1CCOCC1)CC(=O)N(Cc1ccccc1)Cc1ccc(C)o1. The molecule has 0 unspecified atom stereocenters. The molecule has 0 aliphatic carbocycles. The molecule has 0 spiro atoms. The third-order valence-electron chi connectivity index (χ3n) is 6.94. The molecule has 0 atom stereocenters. The molecule has 212 valence electrons. The van der Waals surface area contributed by atoms with Crippen molar-refractivity contribution in [3.05, 3.63) is 59.5 Å². The average Bonchev–Trinajstić information content (AvgIpc) is 3.33. The van der Waals surface area contributed by atoms with Crippen LogP contribution in [0.4, 0.5) is 0 Å². The Morgan fingerprint density at radius 2 is 1.66 bits per heavy atom. The minimum Gasteiger partial charge on any atom is -0.464 e. The van der Waals surface area contributed by atoms with Crippen LogP contribution in [0.15, 0.2) is 46.9 Å². The lowest BCUT2D eigenvalue weighted by Gasteiger charge is -2.31. The second kappa shape index (κ2) is 16.0. The number of furan rings is 1. The van der Waals surface area contributed by atoms with Gasteiger partial charge in [0.25, 0.3) is 0 Å². The van der Waals surface area contributed by atoms with Gasteiger partial charge in [0.15, 0.2) is 0 Å². The van der Waals surface area contributed by atoms with Crippen molar-refractivity contribution in [3.63, 3.8) is 0 Å². The second-order valence-electron chi connectivity index (χ2n) is 10.1. The fourth-order valence-corrected chi connectivity index (χ4v) is 6.13. The molecule has 0 saturated carbocycles. The van der Waals surface area contributed by atoms with Crippen LogP contribution in [0.1, 0.15) is 62.5 Å². The molecule has 1 amide bonds. The quantitative estimate of drug-likeness (QED) is 0.272. The van der Waals surface area contributed by atoms with Crippen molar-refractivity contribution in [2.75, 3.05) is 51.7 Å². The predicted octanol–water partition coefficient (Wildman–Crippen LogP) is 4.44. The Hall–Kier alpha value is -2.20. The Morgan fingerprint density at radius 3 is 2.34 bits per heavy atom. The number of amides is 1. The normalized spacial score (nSPS) is 14.7. The molecule has 1 aliphatic rings. The molecule has 3 rings (SSSR count). The molecule has 38 heavy (non-hydrogen) atoms. The van der Waals surface area contributed by atoms with E-state index < -0.39 is 10.0 Å².